The van der Waals surface area contributed by atoms with Gasteiger partial charge in [0.1, 0.15) is 12.4 Å². The van der Waals surface area contributed by atoms with Crippen LogP contribution in [0.4, 0.5) is 0 Å². The minimum Gasteiger partial charge on any atom is -0.492 e. The molecule has 0 spiro atoms. The molecule has 0 aromatic heterocycles. The van der Waals surface area contributed by atoms with E-state index in [4.69, 9.17) is 10.5 Å². The smallest absolute Gasteiger partial charge is 0.233 e. The molecule has 0 saturated heterocycles. The fraction of sp³-hybridized carbons (Fsp3) is 0.417. The highest BCUT2D eigenvalue weighted by atomic mass is 16.5. The van der Waals surface area contributed by atoms with Crippen molar-refractivity contribution in [3.05, 3.63) is 29.3 Å². The first kappa shape index (κ1) is 12.5. The van der Waals surface area contributed by atoms with Crippen LogP contribution in [0.15, 0.2) is 18.2 Å². The number of hydrogen-bond donors (Lipinski definition) is 2. The van der Waals surface area contributed by atoms with Crippen LogP contribution in [0.5, 0.6) is 5.75 Å². The zero-order valence-electron chi connectivity index (χ0n) is 9.75. The minimum absolute atomic E-state index is 0.0175. The van der Waals surface area contributed by atoms with Gasteiger partial charge in [-0.05, 0) is 37.1 Å². The summed E-state index contributed by atoms with van der Waals surface area (Å²) in [5.74, 6) is 0.661. The lowest BCUT2D eigenvalue weighted by Crippen LogP contribution is -2.33. The molecular formula is C12H18N2O2. The molecule has 88 valence electrons. The first-order chi connectivity index (χ1) is 7.63. The van der Waals surface area contributed by atoms with Gasteiger partial charge in [-0.1, -0.05) is 6.07 Å². The van der Waals surface area contributed by atoms with Crippen molar-refractivity contribution in [2.45, 2.75) is 13.8 Å². The van der Waals surface area contributed by atoms with Crippen LogP contribution in [0.25, 0.3) is 0 Å². The molecule has 1 amide bonds. The van der Waals surface area contributed by atoms with Crippen LogP contribution in [0.1, 0.15) is 11.1 Å². The summed E-state index contributed by atoms with van der Waals surface area (Å²) in [7, 11) is 0. The Kier molecular flexibility index (Phi) is 4.79. The number of amides is 1. The second-order valence-corrected chi connectivity index (χ2v) is 3.65. The summed E-state index contributed by atoms with van der Waals surface area (Å²) in [6.45, 7) is 5.04. The van der Waals surface area contributed by atoms with Gasteiger partial charge in [0.25, 0.3) is 0 Å². The van der Waals surface area contributed by atoms with Gasteiger partial charge in [-0.2, -0.15) is 0 Å². The van der Waals surface area contributed by atoms with Crippen molar-refractivity contribution in [2.75, 3.05) is 19.7 Å². The van der Waals surface area contributed by atoms with E-state index in [1.54, 1.807) is 0 Å². The summed E-state index contributed by atoms with van der Waals surface area (Å²) >= 11 is 0. The van der Waals surface area contributed by atoms with Crippen LogP contribution < -0.4 is 15.8 Å². The van der Waals surface area contributed by atoms with Gasteiger partial charge in [0, 0.05) is 0 Å². The third kappa shape index (κ3) is 3.90. The number of ether oxygens (including phenoxy) is 1. The molecular weight excluding hydrogens is 204 g/mol. The van der Waals surface area contributed by atoms with Gasteiger partial charge in [-0.3, -0.25) is 4.79 Å². The van der Waals surface area contributed by atoms with Gasteiger partial charge in [0.2, 0.25) is 5.91 Å². The van der Waals surface area contributed by atoms with Gasteiger partial charge in [0.05, 0.1) is 13.1 Å². The SMILES string of the molecule is Cc1ccc(OCCNC(=O)CN)cc1C. The molecule has 0 aliphatic rings. The molecule has 0 aliphatic heterocycles. The highest BCUT2D eigenvalue weighted by molar-refractivity contribution is 5.77. The quantitative estimate of drug-likeness (QED) is 0.723. The van der Waals surface area contributed by atoms with E-state index in [2.05, 4.69) is 12.2 Å². The standard InChI is InChI=1S/C12H18N2O2/c1-9-3-4-11(7-10(9)2)16-6-5-14-12(15)8-13/h3-4,7H,5-6,8,13H2,1-2H3,(H,14,15). The first-order valence-electron chi connectivity index (χ1n) is 5.30. The number of rotatable bonds is 5. The van der Waals surface area contributed by atoms with Crippen molar-refractivity contribution in [3.63, 3.8) is 0 Å². The van der Waals surface area contributed by atoms with E-state index in [9.17, 15) is 4.79 Å². The molecule has 4 heteroatoms. The summed E-state index contributed by atoms with van der Waals surface area (Å²) < 4.78 is 5.48. The Hall–Kier alpha value is -1.55. The van der Waals surface area contributed by atoms with Crippen LogP contribution in [0.3, 0.4) is 0 Å². The molecule has 0 aliphatic carbocycles. The fourth-order valence-electron chi connectivity index (χ4n) is 1.24. The van der Waals surface area contributed by atoms with Crippen LogP contribution in [0, 0.1) is 13.8 Å². The van der Waals surface area contributed by atoms with Crippen molar-refractivity contribution in [3.8, 4) is 5.75 Å². The highest BCUT2D eigenvalue weighted by Gasteiger charge is 1.98. The first-order valence-corrected chi connectivity index (χ1v) is 5.30. The monoisotopic (exact) mass is 222 g/mol. The third-order valence-electron chi connectivity index (χ3n) is 2.36. The molecule has 16 heavy (non-hydrogen) atoms. The molecule has 0 bridgehead atoms. The van der Waals surface area contributed by atoms with Crippen LogP contribution in [-0.4, -0.2) is 25.6 Å². The Morgan fingerprint density at radius 2 is 2.12 bits per heavy atom. The Labute approximate surface area is 95.8 Å². The molecule has 0 fully saturated rings. The molecule has 1 rings (SSSR count). The normalized spacial score (nSPS) is 9.94. The number of carbonyl (C=O) groups excluding carboxylic acids is 1. The predicted molar refractivity (Wildman–Crippen MR) is 63.5 cm³/mol. The molecule has 3 N–H and O–H groups in total. The molecule has 0 unspecified atom stereocenters. The summed E-state index contributed by atoms with van der Waals surface area (Å²) in [5.41, 5.74) is 7.59. The number of benzene rings is 1. The van der Waals surface area contributed by atoms with Crippen molar-refractivity contribution >= 4 is 5.91 Å². The Morgan fingerprint density at radius 1 is 1.38 bits per heavy atom. The average molecular weight is 222 g/mol. The molecule has 1 aromatic carbocycles. The van der Waals surface area contributed by atoms with Crippen LogP contribution in [0.2, 0.25) is 0 Å². The summed E-state index contributed by atoms with van der Waals surface area (Å²) in [6.07, 6.45) is 0. The summed E-state index contributed by atoms with van der Waals surface area (Å²) in [6, 6.07) is 5.93. The molecule has 0 saturated carbocycles. The van der Waals surface area contributed by atoms with Crippen molar-refractivity contribution in [2.24, 2.45) is 5.73 Å². The summed E-state index contributed by atoms with van der Waals surface area (Å²) in [4.78, 5) is 10.8. The number of hydrogen-bond acceptors (Lipinski definition) is 3. The van der Waals surface area contributed by atoms with Crippen molar-refractivity contribution in [1.29, 1.82) is 0 Å². The predicted octanol–water partition coefficient (Wildman–Crippen LogP) is 0.757. The second-order valence-electron chi connectivity index (χ2n) is 3.65. The lowest BCUT2D eigenvalue weighted by molar-refractivity contribution is -0.119. The molecule has 1 aromatic rings. The molecule has 0 atom stereocenters. The maximum absolute atomic E-state index is 10.8. The Balaban J connectivity index is 2.32. The van der Waals surface area contributed by atoms with Gasteiger partial charge in [-0.15, -0.1) is 0 Å². The maximum Gasteiger partial charge on any atom is 0.233 e. The van der Waals surface area contributed by atoms with Crippen LogP contribution >= 0.6 is 0 Å². The zero-order chi connectivity index (χ0) is 12.0. The zero-order valence-corrected chi connectivity index (χ0v) is 9.75. The van der Waals surface area contributed by atoms with Gasteiger partial charge in [-0.25, -0.2) is 0 Å². The van der Waals surface area contributed by atoms with Crippen molar-refractivity contribution < 1.29 is 9.53 Å². The molecule has 0 radical (unpaired) electrons. The molecule has 0 heterocycles. The fourth-order valence-corrected chi connectivity index (χ4v) is 1.24. The summed E-state index contributed by atoms with van der Waals surface area (Å²) in [5, 5.41) is 2.64. The number of nitrogens with one attached hydrogen (secondary N) is 1. The van der Waals surface area contributed by atoms with Gasteiger partial charge in [0.15, 0.2) is 0 Å². The number of carbonyl (C=O) groups is 1. The van der Waals surface area contributed by atoms with Crippen LogP contribution in [-0.2, 0) is 4.79 Å². The van der Waals surface area contributed by atoms with E-state index >= 15 is 0 Å². The van der Waals surface area contributed by atoms with Crippen molar-refractivity contribution in [1.82, 2.24) is 5.32 Å². The van der Waals surface area contributed by atoms with E-state index in [0.717, 1.165) is 5.75 Å². The van der Waals surface area contributed by atoms with E-state index in [1.165, 1.54) is 11.1 Å². The highest BCUT2D eigenvalue weighted by Crippen LogP contribution is 2.15. The van der Waals surface area contributed by atoms with E-state index in [1.807, 2.05) is 25.1 Å². The maximum atomic E-state index is 10.8. The Morgan fingerprint density at radius 3 is 2.75 bits per heavy atom. The lowest BCUT2D eigenvalue weighted by atomic mass is 10.1. The van der Waals surface area contributed by atoms with E-state index in [0.29, 0.717) is 13.2 Å². The number of nitrogens with two attached hydrogens (primary N) is 1. The Bertz CT molecular complexity index is 364. The minimum atomic E-state index is -0.163. The largest absolute Gasteiger partial charge is 0.492 e. The second kappa shape index (κ2) is 6.12. The lowest BCUT2D eigenvalue weighted by Gasteiger charge is -2.08. The third-order valence-corrected chi connectivity index (χ3v) is 2.36. The topological polar surface area (TPSA) is 64.3 Å². The van der Waals surface area contributed by atoms with Gasteiger partial charge >= 0.3 is 0 Å². The number of aryl methyl sites for hydroxylation is 2. The molecule has 4 nitrogen and oxygen atoms in total. The van der Waals surface area contributed by atoms with Gasteiger partial charge < -0.3 is 15.8 Å². The van der Waals surface area contributed by atoms with E-state index < -0.39 is 0 Å². The van der Waals surface area contributed by atoms with E-state index in [-0.39, 0.29) is 12.5 Å². The average Bonchev–Trinajstić information content (AvgIpc) is 2.28.